The van der Waals surface area contributed by atoms with Gasteiger partial charge in [-0.2, -0.15) is 0 Å². The Balaban J connectivity index is 1.60. The number of likely N-dealkylation sites (tertiary alicyclic amines) is 1. The standard InChI is InChI=1S/C19H28N4O/c1-3-20-19(21-13-16-9-7-11-23(16)4-2)22-14-17-12-15-8-5-6-10-18(15)24-17/h5-6,8,10,12,16H,3-4,7,9,11,13-14H2,1-2H3,(H2,20,21,22). The number of furan rings is 1. The number of nitrogens with one attached hydrogen (secondary N) is 2. The molecule has 2 aromatic rings. The van der Waals surface area contributed by atoms with Crippen molar-refractivity contribution in [1.29, 1.82) is 0 Å². The van der Waals surface area contributed by atoms with E-state index in [2.05, 4.69) is 46.5 Å². The highest BCUT2D eigenvalue weighted by molar-refractivity contribution is 5.80. The van der Waals surface area contributed by atoms with Gasteiger partial charge in [0.2, 0.25) is 0 Å². The number of hydrogen-bond acceptors (Lipinski definition) is 3. The van der Waals surface area contributed by atoms with E-state index in [1.54, 1.807) is 0 Å². The lowest BCUT2D eigenvalue weighted by Gasteiger charge is -2.23. The zero-order valence-corrected chi connectivity index (χ0v) is 14.7. The van der Waals surface area contributed by atoms with E-state index in [-0.39, 0.29) is 0 Å². The second kappa shape index (κ2) is 8.20. The second-order valence-corrected chi connectivity index (χ2v) is 6.25. The highest BCUT2D eigenvalue weighted by atomic mass is 16.3. The third-order valence-electron chi connectivity index (χ3n) is 4.62. The molecule has 5 nitrogen and oxygen atoms in total. The normalized spacial score (nSPS) is 19.1. The summed E-state index contributed by atoms with van der Waals surface area (Å²) in [6.45, 7) is 9.01. The number of likely N-dealkylation sites (N-methyl/N-ethyl adjacent to an activating group) is 1. The molecule has 0 spiro atoms. The summed E-state index contributed by atoms with van der Waals surface area (Å²) >= 11 is 0. The molecule has 1 aromatic carbocycles. The topological polar surface area (TPSA) is 52.8 Å². The number of aliphatic imine (C=N–C) groups is 1. The quantitative estimate of drug-likeness (QED) is 0.632. The number of nitrogens with zero attached hydrogens (tertiary/aromatic N) is 2. The van der Waals surface area contributed by atoms with E-state index >= 15 is 0 Å². The van der Waals surface area contributed by atoms with Crippen molar-refractivity contribution in [1.82, 2.24) is 15.5 Å². The Labute approximate surface area is 144 Å². The van der Waals surface area contributed by atoms with E-state index in [1.165, 1.54) is 19.4 Å². The minimum atomic E-state index is 0.548. The molecule has 1 aliphatic heterocycles. The third kappa shape index (κ3) is 4.09. The van der Waals surface area contributed by atoms with Crippen LogP contribution in [0.25, 0.3) is 11.0 Å². The molecule has 1 aromatic heterocycles. The molecule has 1 unspecified atom stereocenters. The van der Waals surface area contributed by atoms with Crippen LogP contribution >= 0.6 is 0 Å². The molecule has 1 saturated heterocycles. The molecule has 1 aliphatic rings. The smallest absolute Gasteiger partial charge is 0.191 e. The maximum atomic E-state index is 5.84. The Kier molecular flexibility index (Phi) is 5.75. The lowest BCUT2D eigenvalue weighted by Crippen LogP contribution is -2.44. The summed E-state index contributed by atoms with van der Waals surface area (Å²) in [6, 6.07) is 10.8. The van der Waals surface area contributed by atoms with Gasteiger partial charge in [0.05, 0.1) is 0 Å². The van der Waals surface area contributed by atoms with E-state index in [4.69, 9.17) is 4.42 Å². The molecule has 1 atom stereocenters. The molecule has 5 heteroatoms. The molecule has 2 N–H and O–H groups in total. The fourth-order valence-electron chi connectivity index (χ4n) is 3.37. The number of fused-ring (bicyclic) bond motifs is 1. The molecule has 2 heterocycles. The van der Waals surface area contributed by atoms with Gasteiger partial charge in [0.1, 0.15) is 17.9 Å². The average Bonchev–Trinajstić information content (AvgIpc) is 3.22. The summed E-state index contributed by atoms with van der Waals surface area (Å²) in [5.41, 5.74) is 0.921. The van der Waals surface area contributed by atoms with Crippen LogP contribution in [0.15, 0.2) is 39.7 Å². The number of guanidine groups is 1. The summed E-state index contributed by atoms with van der Waals surface area (Å²) in [5, 5.41) is 7.94. The van der Waals surface area contributed by atoms with Crippen LogP contribution in [0.1, 0.15) is 32.4 Å². The first-order valence-electron chi connectivity index (χ1n) is 9.03. The first-order chi connectivity index (χ1) is 11.8. The number of para-hydroxylation sites is 1. The Morgan fingerprint density at radius 2 is 2.17 bits per heavy atom. The Hall–Kier alpha value is -2.01. The van der Waals surface area contributed by atoms with Gasteiger partial charge < -0.3 is 15.1 Å². The Morgan fingerprint density at radius 1 is 1.29 bits per heavy atom. The van der Waals surface area contributed by atoms with E-state index in [0.29, 0.717) is 12.6 Å². The molecule has 24 heavy (non-hydrogen) atoms. The number of benzene rings is 1. The SMILES string of the molecule is CCNC(=NCc1cc2ccccc2o1)NCC1CCCN1CC. The Bertz CT molecular complexity index is 646. The van der Waals surface area contributed by atoms with Crippen LogP contribution in [-0.2, 0) is 6.54 Å². The molecule has 3 rings (SSSR count). The summed E-state index contributed by atoms with van der Waals surface area (Å²) < 4.78 is 5.84. The zero-order valence-electron chi connectivity index (χ0n) is 14.7. The average molecular weight is 328 g/mol. The monoisotopic (exact) mass is 328 g/mol. The van der Waals surface area contributed by atoms with E-state index in [1.807, 2.05) is 18.2 Å². The number of rotatable bonds is 6. The second-order valence-electron chi connectivity index (χ2n) is 6.25. The fraction of sp³-hybridized carbons (Fsp3) is 0.526. The molecular weight excluding hydrogens is 300 g/mol. The molecule has 0 saturated carbocycles. The number of hydrogen-bond donors (Lipinski definition) is 2. The maximum Gasteiger partial charge on any atom is 0.191 e. The van der Waals surface area contributed by atoms with Crippen molar-refractivity contribution in [3.8, 4) is 0 Å². The van der Waals surface area contributed by atoms with Crippen molar-refractivity contribution in [2.24, 2.45) is 4.99 Å². The van der Waals surface area contributed by atoms with Gasteiger partial charge in [0, 0.05) is 24.5 Å². The van der Waals surface area contributed by atoms with Crippen LogP contribution in [-0.4, -0.2) is 43.1 Å². The van der Waals surface area contributed by atoms with Gasteiger partial charge in [-0.15, -0.1) is 0 Å². The maximum absolute atomic E-state index is 5.84. The van der Waals surface area contributed by atoms with Crippen LogP contribution in [0.4, 0.5) is 0 Å². The molecule has 0 aliphatic carbocycles. The van der Waals surface area contributed by atoms with Gasteiger partial charge in [0.15, 0.2) is 5.96 Å². The van der Waals surface area contributed by atoms with Crippen molar-refractivity contribution in [2.45, 2.75) is 39.3 Å². The van der Waals surface area contributed by atoms with Gasteiger partial charge >= 0.3 is 0 Å². The van der Waals surface area contributed by atoms with Crippen molar-refractivity contribution < 1.29 is 4.42 Å². The van der Waals surface area contributed by atoms with Gasteiger partial charge in [0.25, 0.3) is 0 Å². The van der Waals surface area contributed by atoms with Gasteiger partial charge in [-0.25, -0.2) is 4.99 Å². The lowest BCUT2D eigenvalue weighted by atomic mass is 10.2. The molecule has 0 amide bonds. The zero-order chi connectivity index (χ0) is 16.8. The molecule has 0 bridgehead atoms. The first-order valence-corrected chi connectivity index (χ1v) is 9.03. The summed E-state index contributed by atoms with van der Waals surface area (Å²) in [7, 11) is 0. The predicted octanol–water partition coefficient (Wildman–Crippen LogP) is 2.97. The lowest BCUT2D eigenvalue weighted by molar-refractivity contribution is 0.267. The van der Waals surface area contributed by atoms with Crippen LogP contribution < -0.4 is 10.6 Å². The predicted molar refractivity (Wildman–Crippen MR) is 99.3 cm³/mol. The third-order valence-corrected chi connectivity index (χ3v) is 4.62. The van der Waals surface area contributed by atoms with Crippen molar-refractivity contribution in [3.05, 3.63) is 36.1 Å². The van der Waals surface area contributed by atoms with Crippen molar-refractivity contribution in [3.63, 3.8) is 0 Å². The summed E-state index contributed by atoms with van der Waals surface area (Å²) in [4.78, 5) is 7.21. The molecule has 0 radical (unpaired) electrons. The van der Waals surface area contributed by atoms with Crippen molar-refractivity contribution >= 4 is 16.9 Å². The highest BCUT2D eigenvalue weighted by Gasteiger charge is 2.22. The van der Waals surface area contributed by atoms with E-state index < -0.39 is 0 Å². The van der Waals surface area contributed by atoms with Crippen LogP contribution in [0.3, 0.4) is 0 Å². The van der Waals surface area contributed by atoms with Crippen LogP contribution in [0.2, 0.25) is 0 Å². The van der Waals surface area contributed by atoms with E-state index in [0.717, 1.165) is 42.3 Å². The van der Waals surface area contributed by atoms with Gasteiger partial charge in [-0.1, -0.05) is 25.1 Å². The Morgan fingerprint density at radius 3 is 2.96 bits per heavy atom. The van der Waals surface area contributed by atoms with E-state index in [9.17, 15) is 0 Å². The van der Waals surface area contributed by atoms with Crippen LogP contribution in [0.5, 0.6) is 0 Å². The van der Waals surface area contributed by atoms with Crippen molar-refractivity contribution in [2.75, 3.05) is 26.2 Å². The molecular formula is C19H28N4O. The highest BCUT2D eigenvalue weighted by Crippen LogP contribution is 2.19. The minimum absolute atomic E-state index is 0.548. The minimum Gasteiger partial charge on any atom is -0.459 e. The largest absolute Gasteiger partial charge is 0.459 e. The molecule has 1 fully saturated rings. The summed E-state index contributed by atoms with van der Waals surface area (Å²) in [6.07, 6.45) is 2.57. The first kappa shape index (κ1) is 16.8. The fourth-order valence-corrected chi connectivity index (χ4v) is 3.37. The molecule has 130 valence electrons. The van der Waals surface area contributed by atoms with Gasteiger partial charge in [-0.05, 0) is 45.0 Å². The van der Waals surface area contributed by atoms with Crippen LogP contribution in [0, 0.1) is 0 Å². The summed E-state index contributed by atoms with van der Waals surface area (Å²) in [5.74, 6) is 1.75. The van der Waals surface area contributed by atoms with Gasteiger partial charge in [-0.3, -0.25) is 4.90 Å².